The molecule has 0 N–H and O–H groups in total. The van der Waals surface area contributed by atoms with E-state index >= 15 is 0 Å². The van der Waals surface area contributed by atoms with Crippen LogP contribution in [-0.2, 0) is 16.1 Å². The molecule has 30 heavy (non-hydrogen) atoms. The summed E-state index contributed by atoms with van der Waals surface area (Å²) in [7, 11) is 1.49. The largest absolute Gasteiger partial charge is 0.497 e. The van der Waals surface area contributed by atoms with Crippen molar-refractivity contribution in [3.05, 3.63) is 75.6 Å². The standard InChI is InChI=1S/C22H17NO7/c1-12(23-20(25)16-5-3-4-6-17(16)21(23)26)22(27)29-11-13-9-19(24)30-18-10-14(28-2)7-8-15(13)18/h3-10,12H,11H2,1-2H3/t12-/m0/s1. The number of imide groups is 1. The summed E-state index contributed by atoms with van der Waals surface area (Å²) < 4.78 is 15.6. The maximum absolute atomic E-state index is 12.6. The molecule has 1 atom stereocenters. The number of methoxy groups -OCH3 is 1. The van der Waals surface area contributed by atoms with E-state index < -0.39 is 29.5 Å². The quantitative estimate of drug-likeness (QED) is 0.364. The summed E-state index contributed by atoms with van der Waals surface area (Å²) in [5.74, 6) is -1.34. The van der Waals surface area contributed by atoms with Gasteiger partial charge in [0.05, 0.1) is 18.2 Å². The molecule has 0 saturated heterocycles. The van der Waals surface area contributed by atoms with Gasteiger partial charge >= 0.3 is 11.6 Å². The first-order valence-corrected chi connectivity index (χ1v) is 9.15. The molecule has 8 nitrogen and oxygen atoms in total. The molecule has 0 fully saturated rings. The Kier molecular flexibility index (Phi) is 4.83. The molecule has 152 valence electrons. The first-order valence-electron chi connectivity index (χ1n) is 9.15. The average molecular weight is 407 g/mol. The van der Waals surface area contributed by atoms with Gasteiger partial charge in [-0.1, -0.05) is 12.1 Å². The maximum Gasteiger partial charge on any atom is 0.336 e. The minimum atomic E-state index is -1.12. The monoisotopic (exact) mass is 407 g/mol. The average Bonchev–Trinajstić information content (AvgIpc) is 3.01. The Morgan fingerprint density at radius 3 is 2.33 bits per heavy atom. The highest BCUT2D eigenvalue weighted by atomic mass is 16.5. The zero-order valence-corrected chi connectivity index (χ0v) is 16.2. The third-order valence-electron chi connectivity index (χ3n) is 4.96. The molecule has 0 aliphatic carbocycles. The Morgan fingerprint density at radius 1 is 1.03 bits per heavy atom. The second kappa shape index (κ2) is 7.47. The fourth-order valence-corrected chi connectivity index (χ4v) is 3.39. The van der Waals surface area contributed by atoms with Gasteiger partial charge in [0.15, 0.2) is 0 Å². The van der Waals surface area contributed by atoms with E-state index in [9.17, 15) is 19.2 Å². The van der Waals surface area contributed by atoms with E-state index in [2.05, 4.69) is 0 Å². The van der Waals surface area contributed by atoms with E-state index in [1.165, 1.54) is 32.2 Å². The molecule has 1 aliphatic rings. The lowest BCUT2D eigenvalue weighted by Crippen LogP contribution is -2.43. The SMILES string of the molecule is COc1ccc2c(COC(=O)[C@H](C)N3C(=O)c4ccccc4C3=O)cc(=O)oc2c1. The zero-order chi connectivity index (χ0) is 21.4. The summed E-state index contributed by atoms with van der Waals surface area (Å²) in [5, 5.41) is 0.580. The van der Waals surface area contributed by atoms with Gasteiger partial charge in [0.25, 0.3) is 11.8 Å². The van der Waals surface area contributed by atoms with Crippen LogP contribution in [0.15, 0.2) is 57.7 Å². The number of hydrogen-bond donors (Lipinski definition) is 0. The van der Waals surface area contributed by atoms with Gasteiger partial charge in [-0.3, -0.25) is 14.5 Å². The van der Waals surface area contributed by atoms with Crippen LogP contribution in [-0.4, -0.2) is 35.8 Å². The summed E-state index contributed by atoms with van der Waals surface area (Å²) in [4.78, 5) is 50.4. The molecule has 1 aromatic heterocycles. The van der Waals surface area contributed by atoms with E-state index in [0.29, 0.717) is 22.3 Å². The van der Waals surface area contributed by atoms with Crippen LogP contribution in [0.3, 0.4) is 0 Å². The van der Waals surface area contributed by atoms with Crippen LogP contribution in [0.25, 0.3) is 11.0 Å². The van der Waals surface area contributed by atoms with Crippen LogP contribution in [0.5, 0.6) is 5.75 Å². The van der Waals surface area contributed by atoms with Crippen LogP contribution in [0.4, 0.5) is 0 Å². The smallest absolute Gasteiger partial charge is 0.336 e. The third-order valence-corrected chi connectivity index (χ3v) is 4.96. The molecular weight excluding hydrogens is 390 g/mol. The molecule has 0 saturated carbocycles. The van der Waals surface area contributed by atoms with Gasteiger partial charge in [-0.2, -0.15) is 0 Å². The summed E-state index contributed by atoms with van der Waals surface area (Å²) in [6.07, 6.45) is 0. The van der Waals surface area contributed by atoms with E-state index in [0.717, 1.165) is 4.90 Å². The lowest BCUT2D eigenvalue weighted by molar-refractivity contribution is -0.149. The van der Waals surface area contributed by atoms with Crippen LogP contribution in [0.2, 0.25) is 0 Å². The number of esters is 1. The van der Waals surface area contributed by atoms with Crippen molar-refractivity contribution in [2.45, 2.75) is 19.6 Å². The normalized spacial score (nSPS) is 14.0. The Bertz CT molecular complexity index is 1210. The predicted octanol–water partition coefficient (Wildman–Crippen LogP) is 2.53. The molecule has 2 heterocycles. The number of carbonyl (C=O) groups is 3. The number of benzene rings is 2. The lowest BCUT2D eigenvalue weighted by Gasteiger charge is -2.21. The minimum Gasteiger partial charge on any atom is -0.497 e. The van der Waals surface area contributed by atoms with Gasteiger partial charge in [0, 0.05) is 23.1 Å². The molecule has 2 amide bonds. The van der Waals surface area contributed by atoms with Gasteiger partial charge in [-0.05, 0) is 31.2 Å². The molecule has 0 unspecified atom stereocenters. The number of amides is 2. The number of rotatable bonds is 5. The zero-order valence-electron chi connectivity index (χ0n) is 16.2. The van der Waals surface area contributed by atoms with E-state index in [4.69, 9.17) is 13.9 Å². The van der Waals surface area contributed by atoms with Crippen molar-refractivity contribution >= 4 is 28.8 Å². The molecule has 1 aliphatic heterocycles. The first kappa shape index (κ1) is 19.4. The Hall–Kier alpha value is -3.94. The molecular formula is C22H17NO7. The fourth-order valence-electron chi connectivity index (χ4n) is 3.39. The molecule has 0 bridgehead atoms. The van der Waals surface area contributed by atoms with Gasteiger partial charge in [0.1, 0.15) is 24.0 Å². The maximum atomic E-state index is 12.6. The van der Waals surface area contributed by atoms with Crippen LogP contribution >= 0.6 is 0 Å². The molecule has 2 aromatic carbocycles. The van der Waals surface area contributed by atoms with Crippen molar-refractivity contribution in [2.75, 3.05) is 7.11 Å². The number of ether oxygens (including phenoxy) is 2. The Balaban J connectivity index is 1.54. The van der Waals surface area contributed by atoms with Gasteiger partial charge in [-0.15, -0.1) is 0 Å². The Morgan fingerprint density at radius 2 is 1.70 bits per heavy atom. The second-order valence-corrected chi connectivity index (χ2v) is 6.76. The van der Waals surface area contributed by atoms with Gasteiger partial charge in [0.2, 0.25) is 0 Å². The number of fused-ring (bicyclic) bond motifs is 2. The highest BCUT2D eigenvalue weighted by Gasteiger charge is 2.41. The van der Waals surface area contributed by atoms with Crippen molar-refractivity contribution in [3.63, 3.8) is 0 Å². The number of carbonyl (C=O) groups excluding carboxylic acids is 3. The van der Waals surface area contributed by atoms with E-state index in [1.807, 2.05) is 0 Å². The van der Waals surface area contributed by atoms with Crippen molar-refractivity contribution in [3.8, 4) is 5.75 Å². The third kappa shape index (κ3) is 3.22. The van der Waals surface area contributed by atoms with Gasteiger partial charge in [-0.25, -0.2) is 9.59 Å². The molecule has 4 rings (SSSR count). The minimum absolute atomic E-state index is 0.221. The van der Waals surface area contributed by atoms with E-state index in [1.54, 1.807) is 30.3 Å². The highest BCUT2D eigenvalue weighted by Crippen LogP contribution is 2.26. The fraction of sp³-hybridized carbons (Fsp3) is 0.182. The second-order valence-electron chi connectivity index (χ2n) is 6.76. The number of nitrogens with zero attached hydrogens (tertiary/aromatic N) is 1. The van der Waals surface area contributed by atoms with Crippen molar-refractivity contribution < 1.29 is 28.3 Å². The predicted molar refractivity (Wildman–Crippen MR) is 105 cm³/mol. The van der Waals surface area contributed by atoms with Crippen molar-refractivity contribution in [1.29, 1.82) is 0 Å². The summed E-state index contributed by atoms with van der Waals surface area (Å²) in [6, 6.07) is 11.4. The Labute approximate surface area is 170 Å². The lowest BCUT2D eigenvalue weighted by atomic mass is 10.1. The molecule has 0 spiro atoms. The van der Waals surface area contributed by atoms with Gasteiger partial charge < -0.3 is 13.9 Å². The summed E-state index contributed by atoms with van der Waals surface area (Å²) >= 11 is 0. The highest BCUT2D eigenvalue weighted by molar-refractivity contribution is 6.22. The van der Waals surface area contributed by atoms with Crippen molar-refractivity contribution in [2.24, 2.45) is 0 Å². The summed E-state index contributed by atoms with van der Waals surface area (Å²) in [6.45, 7) is 1.20. The molecule has 8 heteroatoms. The van der Waals surface area contributed by atoms with Crippen molar-refractivity contribution in [1.82, 2.24) is 4.90 Å². The van der Waals surface area contributed by atoms with Crippen LogP contribution in [0.1, 0.15) is 33.2 Å². The molecule has 3 aromatic rings. The number of hydrogen-bond acceptors (Lipinski definition) is 7. The van der Waals surface area contributed by atoms with E-state index in [-0.39, 0.29) is 17.7 Å². The topological polar surface area (TPSA) is 103 Å². The van der Waals surface area contributed by atoms with Crippen LogP contribution < -0.4 is 10.4 Å². The molecule has 0 radical (unpaired) electrons. The summed E-state index contributed by atoms with van der Waals surface area (Å²) in [5.41, 5.74) is 0.633. The first-order chi connectivity index (χ1) is 14.4. The van der Waals surface area contributed by atoms with Crippen LogP contribution in [0, 0.1) is 0 Å².